The SMILES string of the molecule is CCCCCCCCCCCCCCCCCC(=O)N(C(N)=O)c1ccc(-c2ccc(O)cc2)cc1. The number of amides is 3. The molecule has 2 rings (SSSR count). The number of carbonyl (C=O) groups excluding carboxylic acids is 2. The highest BCUT2D eigenvalue weighted by Gasteiger charge is 2.20. The first-order chi connectivity index (χ1) is 17.5. The summed E-state index contributed by atoms with van der Waals surface area (Å²) in [6.45, 7) is 2.26. The summed E-state index contributed by atoms with van der Waals surface area (Å²) in [6.07, 6.45) is 19.4. The molecule has 0 fully saturated rings. The van der Waals surface area contributed by atoms with Crippen LogP contribution in [0.4, 0.5) is 10.5 Å². The van der Waals surface area contributed by atoms with Crippen LogP contribution in [0.15, 0.2) is 48.5 Å². The fraction of sp³-hybridized carbons (Fsp3) is 0.548. The Bertz CT molecular complexity index is 878. The topological polar surface area (TPSA) is 83.6 Å². The van der Waals surface area contributed by atoms with Crippen LogP contribution >= 0.6 is 0 Å². The molecule has 3 amide bonds. The van der Waals surface area contributed by atoms with Gasteiger partial charge in [0, 0.05) is 6.42 Å². The van der Waals surface area contributed by atoms with E-state index in [1.807, 2.05) is 24.3 Å². The van der Waals surface area contributed by atoms with Gasteiger partial charge < -0.3 is 10.8 Å². The van der Waals surface area contributed by atoms with Crippen LogP contribution in [-0.4, -0.2) is 17.0 Å². The molecule has 2 aromatic rings. The number of anilines is 1. The molecule has 0 atom stereocenters. The van der Waals surface area contributed by atoms with Gasteiger partial charge in [0.05, 0.1) is 5.69 Å². The van der Waals surface area contributed by atoms with Crippen LogP contribution in [-0.2, 0) is 4.79 Å². The monoisotopic (exact) mass is 494 g/mol. The van der Waals surface area contributed by atoms with Gasteiger partial charge in [0.2, 0.25) is 5.91 Å². The summed E-state index contributed by atoms with van der Waals surface area (Å²) in [7, 11) is 0. The second kappa shape index (κ2) is 17.6. The summed E-state index contributed by atoms with van der Waals surface area (Å²) in [5.74, 6) is -0.0470. The highest BCUT2D eigenvalue weighted by Crippen LogP contribution is 2.25. The summed E-state index contributed by atoms with van der Waals surface area (Å²) in [4.78, 5) is 25.8. The molecule has 0 aromatic heterocycles. The molecule has 198 valence electrons. The van der Waals surface area contributed by atoms with Gasteiger partial charge in [0.25, 0.3) is 0 Å². The van der Waals surface area contributed by atoms with Crippen molar-refractivity contribution in [1.82, 2.24) is 0 Å². The molecule has 5 nitrogen and oxygen atoms in total. The van der Waals surface area contributed by atoms with Crippen molar-refractivity contribution in [3.8, 4) is 16.9 Å². The van der Waals surface area contributed by atoms with Gasteiger partial charge in [-0.05, 0) is 41.8 Å². The maximum atomic E-state index is 12.7. The molecule has 0 aliphatic rings. The predicted octanol–water partition coefficient (Wildman–Crippen LogP) is 8.73. The Morgan fingerprint density at radius 1 is 0.639 bits per heavy atom. The highest BCUT2D eigenvalue weighted by atomic mass is 16.3. The standard InChI is InChI=1S/C31H46N2O3/c1-2-3-4-5-6-7-8-9-10-11-12-13-14-15-16-17-30(35)33(31(32)36)28-22-18-26(19-23-28)27-20-24-29(34)25-21-27/h18-25,34H,2-17H2,1H3,(H2,32,36). The summed E-state index contributed by atoms with van der Waals surface area (Å²) >= 11 is 0. The molecule has 0 unspecified atom stereocenters. The molecule has 2 aromatic carbocycles. The zero-order chi connectivity index (χ0) is 26.0. The molecule has 0 bridgehead atoms. The average Bonchev–Trinajstić information content (AvgIpc) is 2.87. The van der Waals surface area contributed by atoms with Crippen molar-refractivity contribution in [2.45, 2.75) is 110 Å². The minimum atomic E-state index is -0.752. The van der Waals surface area contributed by atoms with E-state index < -0.39 is 6.03 Å². The minimum absolute atomic E-state index is 0.208. The molecule has 0 aliphatic carbocycles. The number of urea groups is 1. The maximum Gasteiger partial charge on any atom is 0.326 e. The Morgan fingerprint density at radius 3 is 1.44 bits per heavy atom. The lowest BCUT2D eigenvalue weighted by Crippen LogP contribution is -2.40. The third-order valence-corrected chi connectivity index (χ3v) is 6.79. The Kier molecular flexibility index (Phi) is 14.4. The van der Waals surface area contributed by atoms with Gasteiger partial charge >= 0.3 is 6.03 Å². The molecule has 0 aliphatic heterocycles. The van der Waals surface area contributed by atoms with Crippen molar-refractivity contribution in [2.75, 3.05) is 4.90 Å². The van der Waals surface area contributed by atoms with Crippen LogP contribution in [0.5, 0.6) is 5.75 Å². The molecule has 0 radical (unpaired) electrons. The second-order valence-electron chi connectivity index (χ2n) is 9.86. The first-order valence-electron chi connectivity index (χ1n) is 14.0. The van der Waals surface area contributed by atoms with Crippen LogP contribution in [0.1, 0.15) is 110 Å². The number of nitrogens with zero attached hydrogens (tertiary/aromatic N) is 1. The lowest BCUT2D eigenvalue weighted by molar-refractivity contribution is -0.118. The van der Waals surface area contributed by atoms with Crippen LogP contribution in [0.2, 0.25) is 0 Å². The normalized spacial score (nSPS) is 10.9. The van der Waals surface area contributed by atoms with Gasteiger partial charge in [-0.1, -0.05) is 121 Å². The second-order valence-corrected chi connectivity index (χ2v) is 9.86. The van der Waals surface area contributed by atoms with E-state index in [4.69, 9.17) is 5.73 Å². The van der Waals surface area contributed by atoms with Crippen molar-refractivity contribution in [3.05, 3.63) is 48.5 Å². The number of unbranched alkanes of at least 4 members (excludes halogenated alkanes) is 14. The number of rotatable bonds is 18. The van der Waals surface area contributed by atoms with E-state index in [0.717, 1.165) is 35.3 Å². The Morgan fingerprint density at radius 2 is 1.03 bits per heavy atom. The van der Waals surface area contributed by atoms with Crippen molar-refractivity contribution in [1.29, 1.82) is 0 Å². The zero-order valence-electron chi connectivity index (χ0n) is 22.2. The number of phenols is 1. The minimum Gasteiger partial charge on any atom is -0.508 e. The Balaban J connectivity index is 1.59. The number of primary amides is 1. The number of hydrogen-bond acceptors (Lipinski definition) is 3. The lowest BCUT2D eigenvalue weighted by Gasteiger charge is -2.19. The number of nitrogens with two attached hydrogens (primary N) is 1. The maximum absolute atomic E-state index is 12.7. The van der Waals surface area contributed by atoms with Gasteiger partial charge in [0.15, 0.2) is 0 Å². The number of carbonyl (C=O) groups is 2. The Labute approximate surface area is 218 Å². The highest BCUT2D eigenvalue weighted by molar-refractivity contribution is 6.13. The number of aromatic hydroxyl groups is 1. The number of benzene rings is 2. The molecule has 0 saturated heterocycles. The first kappa shape index (κ1) is 29.4. The van der Waals surface area contributed by atoms with Gasteiger partial charge in [0.1, 0.15) is 5.75 Å². The zero-order valence-corrected chi connectivity index (χ0v) is 22.2. The van der Waals surface area contributed by atoms with Crippen LogP contribution in [0, 0.1) is 0 Å². The van der Waals surface area contributed by atoms with E-state index in [0.29, 0.717) is 12.1 Å². The number of imide groups is 1. The summed E-state index contributed by atoms with van der Waals surface area (Å²) in [6, 6.07) is 13.3. The van der Waals surface area contributed by atoms with E-state index >= 15 is 0 Å². The molecule has 36 heavy (non-hydrogen) atoms. The molecule has 3 N–H and O–H groups in total. The third kappa shape index (κ3) is 11.3. The first-order valence-corrected chi connectivity index (χ1v) is 14.0. The van der Waals surface area contributed by atoms with E-state index in [2.05, 4.69) is 6.92 Å². The molecular weight excluding hydrogens is 448 g/mol. The van der Waals surface area contributed by atoms with Crippen molar-refractivity contribution >= 4 is 17.6 Å². The van der Waals surface area contributed by atoms with E-state index in [1.54, 1.807) is 24.3 Å². The quantitative estimate of drug-likeness (QED) is 0.203. The molecule has 0 heterocycles. The number of phenolic OH excluding ortho intramolecular Hbond substituents is 1. The van der Waals surface area contributed by atoms with E-state index in [9.17, 15) is 14.7 Å². The predicted molar refractivity (Wildman–Crippen MR) is 150 cm³/mol. The largest absolute Gasteiger partial charge is 0.508 e. The lowest BCUT2D eigenvalue weighted by atomic mass is 10.0. The average molecular weight is 495 g/mol. The summed E-state index contributed by atoms with van der Waals surface area (Å²) < 4.78 is 0. The molecule has 0 spiro atoms. The summed E-state index contributed by atoms with van der Waals surface area (Å²) in [5, 5.41) is 9.45. The number of hydrogen-bond donors (Lipinski definition) is 2. The summed E-state index contributed by atoms with van der Waals surface area (Å²) in [5.41, 5.74) is 7.88. The van der Waals surface area contributed by atoms with Gasteiger partial charge in [-0.25, -0.2) is 9.69 Å². The molecular formula is C31H46N2O3. The fourth-order valence-electron chi connectivity index (χ4n) is 4.61. The van der Waals surface area contributed by atoms with Gasteiger partial charge in [-0.2, -0.15) is 0 Å². The van der Waals surface area contributed by atoms with Gasteiger partial charge in [-0.3, -0.25) is 4.79 Å². The van der Waals surface area contributed by atoms with Crippen molar-refractivity contribution in [2.24, 2.45) is 5.73 Å². The third-order valence-electron chi connectivity index (χ3n) is 6.79. The van der Waals surface area contributed by atoms with Crippen LogP contribution < -0.4 is 10.6 Å². The Hall–Kier alpha value is -2.82. The van der Waals surface area contributed by atoms with Crippen molar-refractivity contribution in [3.63, 3.8) is 0 Å². The molecule has 5 heteroatoms. The van der Waals surface area contributed by atoms with Crippen molar-refractivity contribution < 1.29 is 14.7 Å². The van der Waals surface area contributed by atoms with Gasteiger partial charge in [-0.15, -0.1) is 0 Å². The van der Waals surface area contributed by atoms with Crippen LogP contribution in [0.25, 0.3) is 11.1 Å². The fourth-order valence-corrected chi connectivity index (χ4v) is 4.61. The van der Waals surface area contributed by atoms with E-state index in [1.165, 1.54) is 77.0 Å². The smallest absolute Gasteiger partial charge is 0.326 e. The van der Waals surface area contributed by atoms with E-state index in [-0.39, 0.29) is 11.7 Å². The van der Waals surface area contributed by atoms with Crippen LogP contribution in [0.3, 0.4) is 0 Å². The molecule has 0 saturated carbocycles.